The molecular formula is C29H37N3O4. The minimum atomic E-state index is -1.01. The monoisotopic (exact) mass is 491 g/mol. The van der Waals surface area contributed by atoms with E-state index in [1.165, 1.54) is 44.6 Å². The Balaban J connectivity index is 1.24. The number of H-pyrrole nitrogens is 1. The highest BCUT2D eigenvalue weighted by molar-refractivity contribution is 6.04. The lowest BCUT2D eigenvalue weighted by Gasteiger charge is -2.56. The maximum atomic E-state index is 13.4. The van der Waals surface area contributed by atoms with Crippen LogP contribution in [0.2, 0.25) is 0 Å². The number of aromatic amines is 1. The average molecular weight is 492 g/mol. The number of rotatable bonds is 7. The summed E-state index contributed by atoms with van der Waals surface area (Å²) in [5, 5.41) is 12.4. The molecule has 0 radical (unpaired) electrons. The molecule has 5 saturated carbocycles. The minimum absolute atomic E-state index is 0.0496. The van der Waals surface area contributed by atoms with E-state index in [1.807, 2.05) is 0 Å². The molecule has 0 spiro atoms. The molecule has 3 N–H and O–H groups in total. The van der Waals surface area contributed by atoms with E-state index in [-0.39, 0.29) is 17.1 Å². The van der Waals surface area contributed by atoms with E-state index in [0.717, 1.165) is 61.4 Å². The van der Waals surface area contributed by atoms with Crippen LogP contribution in [0.1, 0.15) is 114 Å². The van der Waals surface area contributed by atoms with Crippen molar-refractivity contribution >= 4 is 17.6 Å². The van der Waals surface area contributed by atoms with Gasteiger partial charge in [-0.1, -0.05) is 25.3 Å². The Kier molecular flexibility index (Phi) is 6.14. The van der Waals surface area contributed by atoms with Crippen LogP contribution in [0.25, 0.3) is 0 Å². The van der Waals surface area contributed by atoms with Gasteiger partial charge >= 0.3 is 5.97 Å². The highest BCUT2D eigenvalue weighted by atomic mass is 16.5. The van der Waals surface area contributed by atoms with Gasteiger partial charge in [0.1, 0.15) is 5.82 Å². The molecule has 36 heavy (non-hydrogen) atoms. The number of carbonyl (C=O) groups is 2. The summed E-state index contributed by atoms with van der Waals surface area (Å²) in [6.45, 7) is 2.11. The van der Waals surface area contributed by atoms with Crippen molar-refractivity contribution in [2.24, 2.45) is 17.8 Å². The predicted molar refractivity (Wildman–Crippen MR) is 136 cm³/mol. The number of carboxylic acid groups (broad SMARTS) is 1. The van der Waals surface area contributed by atoms with Crippen LogP contribution >= 0.6 is 0 Å². The van der Waals surface area contributed by atoms with E-state index in [1.54, 1.807) is 19.1 Å². The van der Waals surface area contributed by atoms with Crippen molar-refractivity contribution in [1.29, 1.82) is 0 Å². The molecule has 0 unspecified atom stereocenters. The largest absolute Gasteiger partial charge is 0.478 e. The van der Waals surface area contributed by atoms with Gasteiger partial charge in [0.25, 0.3) is 5.91 Å². The van der Waals surface area contributed by atoms with Gasteiger partial charge in [-0.15, -0.1) is 0 Å². The second-order valence-corrected chi connectivity index (χ2v) is 12.0. The van der Waals surface area contributed by atoms with Gasteiger partial charge in [-0.05, 0) is 93.7 Å². The number of amides is 1. The van der Waals surface area contributed by atoms with Gasteiger partial charge in [0.15, 0.2) is 5.69 Å². The lowest BCUT2D eigenvalue weighted by atomic mass is 9.54. The molecule has 7 heteroatoms. The molecular weight excluding hydrogens is 454 g/mol. The maximum absolute atomic E-state index is 13.4. The number of benzene rings is 1. The minimum Gasteiger partial charge on any atom is -0.478 e. The van der Waals surface area contributed by atoms with Crippen molar-refractivity contribution in [3.05, 3.63) is 46.5 Å². The zero-order chi connectivity index (χ0) is 24.9. The van der Waals surface area contributed by atoms with Crippen LogP contribution in [0.3, 0.4) is 0 Å². The number of carbonyl (C=O) groups excluding carboxylic acids is 1. The standard InChI is InChI=1S/C29H37N3O4/c1-17-7-8-22(12-23(17)28(34)35)30-27(33)25-24(31-26(32-25)21-5-3-2-4-6-21)16-36-29-13-18-9-19(14-29)11-20(10-18)15-29/h7-8,12,18-21H,2-6,9-11,13-16H2,1H3,(H,30,33)(H,31,32)(H,34,35). The van der Waals surface area contributed by atoms with Crippen molar-refractivity contribution in [3.63, 3.8) is 0 Å². The van der Waals surface area contributed by atoms with E-state index >= 15 is 0 Å². The molecule has 1 aromatic heterocycles. The van der Waals surface area contributed by atoms with E-state index in [2.05, 4.69) is 10.3 Å². The lowest BCUT2D eigenvalue weighted by Crippen LogP contribution is -2.51. The van der Waals surface area contributed by atoms with Crippen molar-refractivity contribution in [3.8, 4) is 0 Å². The summed E-state index contributed by atoms with van der Waals surface area (Å²) < 4.78 is 6.71. The highest BCUT2D eigenvalue weighted by Gasteiger charge is 2.51. The predicted octanol–water partition coefficient (Wildman–Crippen LogP) is 6.20. The third kappa shape index (κ3) is 4.58. The van der Waals surface area contributed by atoms with Gasteiger partial charge in [0.2, 0.25) is 0 Å². The van der Waals surface area contributed by atoms with E-state index < -0.39 is 5.97 Å². The average Bonchev–Trinajstić information content (AvgIpc) is 3.28. The molecule has 5 aliphatic rings. The lowest BCUT2D eigenvalue weighted by molar-refractivity contribution is -0.169. The van der Waals surface area contributed by atoms with Crippen LogP contribution in [0.4, 0.5) is 5.69 Å². The quantitative estimate of drug-likeness (QED) is 0.428. The Bertz CT molecular complexity index is 1130. The smallest absolute Gasteiger partial charge is 0.336 e. The van der Waals surface area contributed by atoms with Crippen LogP contribution in [-0.4, -0.2) is 32.6 Å². The van der Waals surface area contributed by atoms with E-state index in [4.69, 9.17) is 9.72 Å². The Morgan fingerprint density at radius 3 is 2.39 bits per heavy atom. The first-order valence-electron chi connectivity index (χ1n) is 13.8. The van der Waals surface area contributed by atoms with Crippen LogP contribution in [0.5, 0.6) is 0 Å². The van der Waals surface area contributed by atoms with Gasteiger partial charge in [-0.2, -0.15) is 0 Å². The second-order valence-electron chi connectivity index (χ2n) is 12.0. The fraction of sp³-hybridized carbons (Fsp3) is 0.621. The molecule has 2 aromatic rings. The number of nitrogens with zero attached hydrogens (tertiary/aromatic N) is 1. The summed E-state index contributed by atoms with van der Waals surface area (Å²) >= 11 is 0. The van der Waals surface area contributed by atoms with Crippen LogP contribution in [0.15, 0.2) is 18.2 Å². The number of ether oxygens (including phenoxy) is 1. The van der Waals surface area contributed by atoms with Crippen LogP contribution in [-0.2, 0) is 11.3 Å². The van der Waals surface area contributed by atoms with E-state index in [9.17, 15) is 14.7 Å². The topological polar surface area (TPSA) is 104 Å². The third-order valence-corrected chi connectivity index (χ3v) is 9.23. The number of hydrogen-bond donors (Lipinski definition) is 3. The molecule has 1 heterocycles. The van der Waals surface area contributed by atoms with Crippen molar-refractivity contribution < 1.29 is 19.4 Å². The molecule has 5 fully saturated rings. The number of nitrogens with one attached hydrogen (secondary N) is 2. The molecule has 7 rings (SSSR count). The Morgan fingerprint density at radius 1 is 1.08 bits per heavy atom. The molecule has 1 amide bonds. The molecule has 192 valence electrons. The van der Waals surface area contributed by atoms with Crippen molar-refractivity contribution in [2.45, 2.75) is 95.7 Å². The van der Waals surface area contributed by atoms with E-state index in [0.29, 0.717) is 29.5 Å². The number of aromatic carboxylic acids is 1. The number of carboxylic acids is 1. The van der Waals surface area contributed by atoms with Crippen LogP contribution < -0.4 is 5.32 Å². The first kappa shape index (κ1) is 23.7. The molecule has 0 saturated heterocycles. The maximum Gasteiger partial charge on any atom is 0.336 e. The van der Waals surface area contributed by atoms with Crippen molar-refractivity contribution in [1.82, 2.24) is 9.97 Å². The van der Waals surface area contributed by atoms with Gasteiger partial charge in [0, 0.05) is 11.6 Å². The third-order valence-electron chi connectivity index (χ3n) is 9.23. The van der Waals surface area contributed by atoms with Gasteiger partial charge in [-0.25, -0.2) is 9.78 Å². The second kappa shape index (κ2) is 9.33. The van der Waals surface area contributed by atoms with Crippen molar-refractivity contribution in [2.75, 3.05) is 5.32 Å². The fourth-order valence-electron chi connectivity index (χ4n) is 7.85. The first-order valence-corrected chi connectivity index (χ1v) is 13.8. The summed E-state index contributed by atoms with van der Waals surface area (Å²) in [7, 11) is 0. The summed E-state index contributed by atoms with van der Waals surface area (Å²) in [5.74, 6) is 2.29. The first-order chi connectivity index (χ1) is 17.4. The number of imidazole rings is 1. The highest BCUT2D eigenvalue weighted by Crippen LogP contribution is 2.57. The summed E-state index contributed by atoms with van der Waals surface area (Å²) in [6.07, 6.45) is 13.3. The molecule has 5 aliphatic carbocycles. The molecule has 0 atom stereocenters. The summed E-state index contributed by atoms with van der Waals surface area (Å²) in [5.41, 5.74) is 2.37. The van der Waals surface area contributed by atoms with Crippen LogP contribution in [0, 0.1) is 24.7 Å². The summed E-state index contributed by atoms with van der Waals surface area (Å²) in [6, 6.07) is 4.96. The molecule has 1 aromatic carbocycles. The number of anilines is 1. The Labute approximate surface area is 212 Å². The van der Waals surface area contributed by atoms with Gasteiger partial charge < -0.3 is 20.1 Å². The Hall–Kier alpha value is -2.67. The Morgan fingerprint density at radius 2 is 1.75 bits per heavy atom. The fourth-order valence-corrected chi connectivity index (χ4v) is 7.85. The zero-order valence-corrected chi connectivity index (χ0v) is 21.1. The number of hydrogen-bond acceptors (Lipinski definition) is 4. The van der Waals surface area contributed by atoms with Gasteiger partial charge in [-0.3, -0.25) is 4.79 Å². The number of aromatic nitrogens is 2. The summed E-state index contributed by atoms with van der Waals surface area (Å²) in [4.78, 5) is 33.3. The zero-order valence-electron chi connectivity index (χ0n) is 21.1. The number of aryl methyl sites for hydroxylation is 1. The van der Waals surface area contributed by atoms with Gasteiger partial charge in [0.05, 0.1) is 23.5 Å². The normalized spacial score (nSPS) is 29.4. The molecule has 4 bridgehead atoms. The SMILES string of the molecule is Cc1ccc(NC(=O)c2nc(C3CCCCC3)[nH]c2COC23CC4CC(CC(C4)C2)C3)cc1C(=O)O. The molecule has 0 aliphatic heterocycles. The molecule has 7 nitrogen and oxygen atoms in total.